The first-order chi connectivity index (χ1) is 23.2. The van der Waals surface area contributed by atoms with Crippen molar-refractivity contribution in [3.05, 3.63) is 186 Å². The molecule has 0 amide bonds. The van der Waals surface area contributed by atoms with Gasteiger partial charge in [-0.15, -0.1) is 0 Å². The first-order valence-corrected chi connectivity index (χ1v) is 16.5. The summed E-state index contributed by atoms with van der Waals surface area (Å²) in [6.45, 7) is 6.19. The third-order valence-electron chi connectivity index (χ3n) is 9.11. The van der Waals surface area contributed by atoms with E-state index in [2.05, 4.69) is 199 Å². The molecule has 0 N–H and O–H groups in total. The van der Waals surface area contributed by atoms with Crippen LogP contribution < -0.4 is 9.80 Å². The van der Waals surface area contributed by atoms with Crippen molar-refractivity contribution in [2.45, 2.75) is 13.8 Å². The van der Waals surface area contributed by atoms with E-state index in [0.717, 1.165) is 13.1 Å². The Morgan fingerprint density at radius 1 is 0.468 bits per heavy atom. The van der Waals surface area contributed by atoms with Crippen molar-refractivity contribution in [1.29, 1.82) is 0 Å². The molecule has 0 saturated heterocycles. The molecule has 1 heterocycles. The van der Waals surface area contributed by atoms with Crippen LogP contribution in [0.25, 0.3) is 22.2 Å². The van der Waals surface area contributed by atoms with Gasteiger partial charge in [0.1, 0.15) is 5.69 Å². The molecular formula is C44H40N3+. The van der Waals surface area contributed by atoms with Gasteiger partial charge >= 0.3 is 0 Å². The summed E-state index contributed by atoms with van der Waals surface area (Å²) in [7, 11) is 2.19. The average molecular weight is 611 g/mol. The molecule has 6 aromatic carbocycles. The van der Waals surface area contributed by atoms with Gasteiger partial charge in [-0.25, -0.2) is 0 Å². The fourth-order valence-electron chi connectivity index (χ4n) is 6.90. The molecule has 0 aliphatic heterocycles. The fourth-order valence-corrected chi connectivity index (χ4v) is 6.90. The van der Waals surface area contributed by atoms with E-state index in [1.54, 1.807) is 0 Å². The van der Waals surface area contributed by atoms with Crippen LogP contribution in [-0.2, 0) is 7.05 Å². The minimum Gasteiger partial charge on any atom is -0.341 e. The maximum Gasteiger partial charge on any atom is 0.103 e. The lowest BCUT2D eigenvalue weighted by Gasteiger charge is -2.24. The molecule has 0 unspecified atom stereocenters. The molecule has 0 saturated carbocycles. The molecule has 3 nitrogen and oxygen atoms in total. The predicted molar refractivity (Wildman–Crippen MR) is 200 cm³/mol. The summed E-state index contributed by atoms with van der Waals surface area (Å²) >= 11 is 0. The van der Waals surface area contributed by atoms with Crippen molar-refractivity contribution in [1.82, 2.24) is 4.57 Å². The van der Waals surface area contributed by atoms with Crippen LogP contribution in [-0.4, -0.2) is 17.7 Å². The summed E-state index contributed by atoms with van der Waals surface area (Å²) in [5.74, 6) is 1.23. The highest BCUT2D eigenvalue weighted by molar-refractivity contribution is 5.96. The Hall–Kier alpha value is -5.67. The van der Waals surface area contributed by atoms with Crippen LogP contribution in [0.1, 0.15) is 30.5 Å². The summed E-state index contributed by atoms with van der Waals surface area (Å²) in [5.41, 5.74) is 12.0. The molecular weight excluding hydrogens is 571 g/mol. The number of anilines is 4. The Kier molecular flexibility index (Phi) is 8.53. The number of hydrogen-bond donors (Lipinski definition) is 0. The molecule has 47 heavy (non-hydrogen) atoms. The number of rotatable bonds is 10. The van der Waals surface area contributed by atoms with Crippen molar-refractivity contribution in [2.75, 3.05) is 22.9 Å². The zero-order chi connectivity index (χ0) is 32.2. The Balaban J connectivity index is 1.40. The summed E-state index contributed by atoms with van der Waals surface area (Å²) in [5, 5.41) is 1.25. The van der Waals surface area contributed by atoms with E-state index >= 15 is 0 Å². The van der Waals surface area contributed by atoms with E-state index in [0.29, 0.717) is 0 Å². The Bertz CT molecular complexity index is 1950. The van der Waals surface area contributed by atoms with E-state index in [-0.39, 0.29) is 0 Å². The summed E-state index contributed by atoms with van der Waals surface area (Å²) in [6.07, 6.45) is 0. The van der Waals surface area contributed by atoms with Crippen molar-refractivity contribution in [3.8, 4) is 11.3 Å². The van der Waals surface area contributed by atoms with Gasteiger partial charge in [-0.05, 0) is 111 Å². The van der Waals surface area contributed by atoms with Crippen LogP contribution in [0.3, 0.4) is 0 Å². The highest BCUT2D eigenvalue weighted by Crippen LogP contribution is 2.44. The number of para-hydroxylation sites is 3. The Morgan fingerprint density at radius 2 is 0.872 bits per heavy atom. The number of aryl methyl sites for hydroxylation is 1. The predicted octanol–water partition coefficient (Wildman–Crippen LogP) is 11.2. The lowest BCUT2D eigenvalue weighted by atomic mass is 9.82. The van der Waals surface area contributed by atoms with E-state index in [1.165, 1.54) is 67.5 Å². The first kappa shape index (κ1) is 30.0. The molecule has 7 aromatic rings. The van der Waals surface area contributed by atoms with Crippen LogP contribution in [0.5, 0.6) is 0 Å². The van der Waals surface area contributed by atoms with Gasteiger partial charge < -0.3 is 14.4 Å². The van der Waals surface area contributed by atoms with Crippen LogP contribution in [0.2, 0.25) is 0 Å². The van der Waals surface area contributed by atoms with Crippen LogP contribution >= 0.6 is 0 Å². The number of hydrogen-bond acceptors (Lipinski definition) is 2. The monoisotopic (exact) mass is 610 g/mol. The summed E-state index contributed by atoms with van der Waals surface area (Å²) < 4.78 is 2.35. The first-order valence-electron chi connectivity index (χ1n) is 16.5. The summed E-state index contributed by atoms with van der Waals surface area (Å²) in [6, 6.07) is 59.1. The topological polar surface area (TPSA) is 11.4 Å². The van der Waals surface area contributed by atoms with Gasteiger partial charge in [0.25, 0.3) is 0 Å². The largest absolute Gasteiger partial charge is 0.341 e. The van der Waals surface area contributed by atoms with Gasteiger partial charge in [-0.2, -0.15) is 0 Å². The minimum atomic E-state index is 0.887. The molecule has 0 aliphatic rings. The molecule has 7 rings (SSSR count). The second-order valence-corrected chi connectivity index (χ2v) is 11.8. The quantitative estimate of drug-likeness (QED) is 0.143. The van der Waals surface area contributed by atoms with Gasteiger partial charge in [-0.1, -0.05) is 66.7 Å². The SMILES string of the molecule is CCN(c1ccccc1)c1ccc([C+](c2ccc(N(CC)c3ccccc3)cc2)c2c(-c3ccccc3)n(C)c3ccccc23)cc1. The van der Waals surface area contributed by atoms with Crippen molar-refractivity contribution in [3.63, 3.8) is 0 Å². The van der Waals surface area contributed by atoms with E-state index in [9.17, 15) is 0 Å². The third kappa shape index (κ3) is 5.77. The van der Waals surface area contributed by atoms with Gasteiger partial charge in [0.05, 0.1) is 44.9 Å². The number of fused-ring (bicyclic) bond motifs is 1. The smallest absolute Gasteiger partial charge is 0.103 e. The minimum absolute atomic E-state index is 0.887. The number of nitrogens with zero attached hydrogens (tertiary/aromatic N) is 3. The molecule has 1 aromatic heterocycles. The normalized spacial score (nSPS) is 11.0. The second kappa shape index (κ2) is 13.4. The van der Waals surface area contributed by atoms with Gasteiger partial charge in [0.15, 0.2) is 0 Å². The van der Waals surface area contributed by atoms with E-state index in [4.69, 9.17) is 0 Å². The van der Waals surface area contributed by atoms with E-state index < -0.39 is 0 Å². The van der Waals surface area contributed by atoms with Gasteiger partial charge in [0.2, 0.25) is 0 Å². The zero-order valence-electron chi connectivity index (χ0n) is 27.3. The molecule has 0 spiro atoms. The summed E-state index contributed by atoms with van der Waals surface area (Å²) in [4.78, 5) is 4.71. The molecule has 0 aliphatic carbocycles. The highest BCUT2D eigenvalue weighted by atomic mass is 15.1. The molecule has 230 valence electrons. The van der Waals surface area contributed by atoms with Crippen LogP contribution in [0.15, 0.2) is 164 Å². The number of benzene rings is 6. The molecule has 0 fully saturated rings. The van der Waals surface area contributed by atoms with Gasteiger partial charge in [-0.3, -0.25) is 0 Å². The standard InChI is InChI=1S/C44H40N3/c1-4-46(36-19-11-7-12-20-36)38-29-25-33(26-30-38)42(34-27-31-39(32-28-34)47(5-2)37-21-13-8-14-22-37)43-40-23-15-16-24-41(40)45(3)44(43)35-17-9-6-10-18-35/h6-32H,4-5H2,1-3H3/q+1. The lowest BCUT2D eigenvalue weighted by molar-refractivity contribution is 0.971. The number of aromatic nitrogens is 1. The Labute approximate surface area is 279 Å². The van der Waals surface area contributed by atoms with Crippen LogP contribution in [0, 0.1) is 5.92 Å². The maximum absolute atomic E-state index is 2.36. The zero-order valence-corrected chi connectivity index (χ0v) is 27.3. The van der Waals surface area contributed by atoms with Crippen molar-refractivity contribution in [2.24, 2.45) is 7.05 Å². The van der Waals surface area contributed by atoms with Crippen molar-refractivity contribution >= 4 is 33.7 Å². The lowest BCUT2D eigenvalue weighted by Crippen LogP contribution is -2.16. The Morgan fingerprint density at radius 3 is 1.34 bits per heavy atom. The van der Waals surface area contributed by atoms with Crippen LogP contribution in [0.4, 0.5) is 22.7 Å². The van der Waals surface area contributed by atoms with Crippen molar-refractivity contribution < 1.29 is 0 Å². The molecule has 0 atom stereocenters. The van der Waals surface area contributed by atoms with Gasteiger partial charge in [0, 0.05) is 37.1 Å². The molecule has 3 heteroatoms. The molecule has 0 bridgehead atoms. The second-order valence-electron chi connectivity index (χ2n) is 11.8. The van der Waals surface area contributed by atoms with E-state index in [1.807, 2.05) is 0 Å². The third-order valence-corrected chi connectivity index (χ3v) is 9.11. The maximum atomic E-state index is 2.36. The highest BCUT2D eigenvalue weighted by Gasteiger charge is 2.32. The average Bonchev–Trinajstić information content (AvgIpc) is 3.43. The molecule has 0 radical (unpaired) electrons. The fraction of sp³-hybridized carbons (Fsp3) is 0.114.